The van der Waals surface area contributed by atoms with Crippen LogP contribution in [0.5, 0.6) is 0 Å². The fraction of sp³-hybridized carbons (Fsp3) is 0.381. The molecule has 8 heteroatoms. The van der Waals surface area contributed by atoms with E-state index in [4.69, 9.17) is 0 Å². The Labute approximate surface area is 172 Å². The number of aryl methyl sites for hydroxylation is 1. The third-order valence-electron chi connectivity index (χ3n) is 5.41. The highest BCUT2D eigenvalue weighted by molar-refractivity contribution is 7.19. The summed E-state index contributed by atoms with van der Waals surface area (Å²) in [7, 11) is 0. The minimum absolute atomic E-state index is 0.196. The van der Waals surface area contributed by atoms with E-state index in [-0.39, 0.29) is 18.0 Å². The molecule has 7 nitrogen and oxygen atoms in total. The average Bonchev–Trinajstić information content (AvgIpc) is 3.21. The van der Waals surface area contributed by atoms with Crippen molar-refractivity contribution < 1.29 is 4.79 Å². The number of thiazole rings is 1. The van der Waals surface area contributed by atoms with Crippen molar-refractivity contribution in [3.8, 4) is 0 Å². The van der Waals surface area contributed by atoms with Crippen molar-refractivity contribution in [2.24, 2.45) is 5.92 Å². The number of benzene rings is 1. The topological polar surface area (TPSA) is 84.6 Å². The molecule has 1 saturated heterocycles. The van der Waals surface area contributed by atoms with Crippen LogP contribution in [0.15, 0.2) is 46.1 Å². The summed E-state index contributed by atoms with van der Waals surface area (Å²) in [5, 5.41) is 6.29. The first-order valence-electron chi connectivity index (χ1n) is 9.83. The second kappa shape index (κ2) is 8.34. The summed E-state index contributed by atoms with van der Waals surface area (Å²) in [6, 6.07) is 9.39. The van der Waals surface area contributed by atoms with Gasteiger partial charge < -0.3 is 10.6 Å². The number of hydrogen-bond donors (Lipinski definition) is 2. The highest BCUT2D eigenvalue weighted by Gasteiger charge is 2.19. The molecule has 0 unspecified atom stereocenters. The maximum atomic E-state index is 12.9. The fourth-order valence-electron chi connectivity index (χ4n) is 3.69. The molecule has 1 amide bonds. The molecule has 2 aromatic heterocycles. The number of piperidine rings is 1. The third-order valence-corrected chi connectivity index (χ3v) is 6.62. The van der Waals surface area contributed by atoms with Crippen molar-refractivity contribution in [2.45, 2.75) is 26.3 Å². The van der Waals surface area contributed by atoms with Gasteiger partial charge in [0.1, 0.15) is 9.71 Å². The summed E-state index contributed by atoms with van der Waals surface area (Å²) in [4.78, 5) is 39.3. The molecule has 0 spiro atoms. The third kappa shape index (κ3) is 4.04. The van der Waals surface area contributed by atoms with E-state index in [0.717, 1.165) is 31.5 Å². The van der Waals surface area contributed by atoms with Gasteiger partial charge in [-0.2, -0.15) is 0 Å². The number of amides is 1. The molecule has 0 aliphatic carbocycles. The van der Waals surface area contributed by atoms with Crippen LogP contribution in [0.3, 0.4) is 0 Å². The standard InChI is InChI=1S/C21H24N4O3S/c1-14-19(27)24(12-16-5-3-2-4-6-16)21(28)25-13-17(29-20(14)25)18(26)23-11-15-7-9-22-10-8-15/h2-6,13,15,22H,7-12H2,1H3,(H,23,26). The van der Waals surface area contributed by atoms with Gasteiger partial charge in [0.15, 0.2) is 0 Å². The second-order valence-electron chi connectivity index (χ2n) is 7.46. The van der Waals surface area contributed by atoms with E-state index in [2.05, 4.69) is 10.6 Å². The van der Waals surface area contributed by atoms with E-state index in [1.54, 1.807) is 13.1 Å². The number of carbonyl (C=O) groups is 1. The molecule has 0 saturated carbocycles. The molecule has 1 fully saturated rings. The van der Waals surface area contributed by atoms with E-state index < -0.39 is 5.69 Å². The Morgan fingerprint density at radius 2 is 1.93 bits per heavy atom. The first-order valence-corrected chi connectivity index (χ1v) is 10.6. The van der Waals surface area contributed by atoms with Crippen LogP contribution in [0.2, 0.25) is 0 Å². The number of carbonyl (C=O) groups excluding carboxylic acids is 1. The highest BCUT2D eigenvalue weighted by Crippen LogP contribution is 2.19. The van der Waals surface area contributed by atoms with E-state index in [9.17, 15) is 14.4 Å². The lowest BCUT2D eigenvalue weighted by atomic mass is 9.98. The van der Waals surface area contributed by atoms with Gasteiger partial charge in [-0.3, -0.25) is 18.6 Å². The summed E-state index contributed by atoms with van der Waals surface area (Å²) >= 11 is 1.19. The van der Waals surface area contributed by atoms with Gasteiger partial charge in [0.25, 0.3) is 11.5 Å². The number of hydrogen-bond acceptors (Lipinski definition) is 5. The zero-order valence-corrected chi connectivity index (χ0v) is 17.1. The first kappa shape index (κ1) is 19.6. The van der Waals surface area contributed by atoms with Gasteiger partial charge in [-0.1, -0.05) is 30.3 Å². The predicted molar refractivity (Wildman–Crippen MR) is 114 cm³/mol. The number of aromatic nitrogens is 2. The first-order chi connectivity index (χ1) is 14.0. The number of rotatable bonds is 5. The number of nitrogens with one attached hydrogen (secondary N) is 2. The Bertz CT molecular complexity index is 1140. The van der Waals surface area contributed by atoms with Gasteiger partial charge in [-0.05, 0) is 44.3 Å². The van der Waals surface area contributed by atoms with Crippen LogP contribution in [-0.4, -0.2) is 34.5 Å². The minimum atomic E-state index is -0.423. The monoisotopic (exact) mass is 412 g/mol. The molecular weight excluding hydrogens is 388 g/mol. The van der Waals surface area contributed by atoms with Crippen molar-refractivity contribution in [1.82, 2.24) is 19.6 Å². The van der Waals surface area contributed by atoms with E-state index >= 15 is 0 Å². The number of nitrogens with zero attached hydrogens (tertiary/aromatic N) is 2. The van der Waals surface area contributed by atoms with Crippen molar-refractivity contribution in [2.75, 3.05) is 19.6 Å². The zero-order chi connectivity index (χ0) is 20.4. The molecule has 0 radical (unpaired) electrons. The molecular formula is C21H24N4O3S. The van der Waals surface area contributed by atoms with Crippen LogP contribution < -0.4 is 21.9 Å². The largest absolute Gasteiger partial charge is 0.351 e. The summed E-state index contributed by atoms with van der Waals surface area (Å²) < 4.78 is 2.64. The number of fused-ring (bicyclic) bond motifs is 1. The van der Waals surface area contributed by atoms with Crippen molar-refractivity contribution in [1.29, 1.82) is 0 Å². The summed E-state index contributed by atoms with van der Waals surface area (Å²) in [6.07, 6.45) is 3.64. The molecule has 4 rings (SSSR count). The highest BCUT2D eigenvalue weighted by atomic mass is 32.1. The van der Waals surface area contributed by atoms with Crippen molar-refractivity contribution >= 4 is 22.1 Å². The molecule has 0 atom stereocenters. The van der Waals surface area contributed by atoms with E-state index in [1.165, 1.54) is 20.3 Å². The molecule has 0 bridgehead atoms. The van der Waals surface area contributed by atoms with Gasteiger partial charge in [-0.25, -0.2) is 4.79 Å². The van der Waals surface area contributed by atoms with Gasteiger partial charge >= 0.3 is 5.69 Å². The lowest BCUT2D eigenvalue weighted by Crippen LogP contribution is -2.38. The van der Waals surface area contributed by atoms with Gasteiger partial charge in [0.05, 0.1) is 6.54 Å². The molecule has 1 aliphatic heterocycles. The Morgan fingerprint density at radius 1 is 1.21 bits per heavy atom. The molecule has 3 aromatic rings. The Kier molecular flexibility index (Phi) is 5.64. The normalized spacial score (nSPS) is 14.9. The van der Waals surface area contributed by atoms with Crippen molar-refractivity contribution in [3.63, 3.8) is 0 Å². The molecule has 152 valence electrons. The Morgan fingerprint density at radius 3 is 2.66 bits per heavy atom. The summed E-state index contributed by atoms with van der Waals surface area (Å²) in [6.45, 7) is 4.49. The van der Waals surface area contributed by atoms with Crippen molar-refractivity contribution in [3.05, 3.63) is 73.4 Å². The Hall–Kier alpha value is -2.71. The van der Waals surface area contributed by atoms with Crippen LogP contribution in [0, 0.1) is 12.8 Å². The quantitative estimate of drug-likeness (QED) is 0.667. The van der Waals surface area contributed by atoms with Crippen LogP contribution in [0.4, 0.5) is 0 Å². The van der Waals surface area contributed by atoms with Gasteiger partial charge in [-0.15, -0.1) is 11.3 Å². The molecule has 3 heterocycles. The second-order valence-corrected chi connectivity index (χ2v) is 8.49. The summed E-state index contributed by atoms with van der Waals surface area (Å²) in [5.41, 5.74) is 0.611. The smallest absolute Gasteiger partial charge is 0.336 e. The lowest BCUT2D eigenvalue weighted by Gasteiger charge is -2.22. The SMILES string of the molecule is Cc1c(=O)n(Cc2ccccc2)c(=O)n2cc(C(=O)NCC3CCNCC3)sc12. The van der Waals surface area contributed by atoms with E-state index in [1.807, 2.05) is 30.3 Å². The molecule has 1 aromatic carbocycles. The molecule has 29 heavy (non-hydrogen) atoms. The zero-order valence-electron chi connectivity index (χ0n) is 16.3. The maximum absolute atomic E-state index is 12.9. The van der Waals surface area contributed by atoms with Crippen LogP contribution in [-0.2, 0) is 6.54 Å². The maximum Gasteiger partial charge on any atom is 0.336 e. The Balaban J connectivity index is 1.62. The predicted octanol–water partition coefficient (Wildman–Crippen LogP) is 1.61. The van der Waals surface area contributed by atoms with Crippen LogP contribution in [0.25, 0.3) is 4.83 Å². The van der Waals surface area contributed by atoms with Crippen LogP contribution >= 0.6 is 11.3 Å². The minimum Gasteiger partial charge on any atom is -0.351 e. The fourth-order valence-corrected chi connectivity index (χ4v) is 4.69. The average molecular weight is 413 g/mol. The molecule has 1 aliphatic rings. The molecule has 2 N–H and O–H groups in total. The lowest BCUT2D eigenvalue weighted by molar-refractivity contribution is 0.0948. The van der Waals surface area contributed by atoms with Gasteiger partial charge in [0.2, 0.25) is 0 Å². The van der Waals surface area contributed by atoms with Gasteiger partial charge in [0, 0.05) is 18.3 Å². The summed E-state index contributed by atoms with van der Waals surface area (Å²) in [5.74, 6) is 0.276. The van der Waals surface area contributed by atoms with E-state index in [0.29, 0.717) is 27.7 Å². The van der Waals surface area contributed by atoms with Crippen LogP contribution in [0.1, 0.15) is 33.6 Å².